The van der Waals surface area contributed by atoms with E-state index in [0.717, 1.165) is 12.8 Å². The third-order valence-corrected chi connectivity index (χ3v) is 3.23. The van der Waals surface area contributed by atoms with Crippen molar-refractivity contribution in [3.05, 3.63) is 11.6 Å². The van der Waals surface area contributed by atoms with Crippen LogP contribution in [0, 0.1) is 5.41 Å². The summed E-state index contributed by atoms with van der Waals surface area (Å²) in [5.41, 5.74) is 1.73. The van der Waals surface area contributed by atoms with Crippen LogP contribution in [0.5, 0.6) is 0 Å². The van der Waals surface area contributed by atoms with Gasteiger partial charge in [-0.05, 0) is 31.1 Å². The third kappa shape index (κ3) is 2.11. The molecule has 0 aromatic carbocycles. The highest BCUT2D eigenvalue weighted by Gasteiger charge is 2.37. The van der Waals surface area contributed by atoms with Crippen molar-refractivity contribution in [3.8, 4) is 0 Å². The molecule has 2 heteroatoms. The summed E-state index contributed by atoms with van der Waals surface area (Å²) >= 11 is 0. The highest BCUT2D eigenvalue weighted by Crippen LogP contribution is 2.50. The Hall–Kier alpha value is -0.790. The van der Waals surface area contributed by atoms with Crippen molar-refractivity contribution >= 4 is 5.97 Å². The lowest BCUT2D eigenvalue weighted by atomic mass is 9.62. The maximum absolute atomic E-state index is 10.9. The lowest BCUT2D eigenvalue weighted by Crippen LogP contribution is -2.30. The smallest absolute Gasteiger partial charge is 0.330 e. The van der Waals surface area contributed by atoms with Crippen molar-refractivity contribution in [3.63, 3.8) is 0 Å². The molecule has 1 aliphatic rings. The molecule has 1 rings (SSSR count). The maximum Gasteiger partial charge on any atom is 0.330 e. The number of hydrogen-bond donors (Lipinski definition) is 0. The first-order valence-corrected chi connectivity index (χ1v) is 4.93. The van der Waals surface area contributed by atoms with Gasteiger partial charge in [-0.3, -0.25) is 0 Å². The average molecular weight is 182 g/mol. The lowest BCUT2D eigenvalue weighted by Gasteiger charge is -2.42. The molecule has 0 saturated heterocycles. The van der Waals surface area contributed by atoms with Crippen molar-refractivity contribution in [2.75, 3.05) is 7.11 Å². The molecule has 13 heavy (non-hydrogen) atoms. The van der Waals surface area contributed by atoms with Gasteiger partial charge in [-0.1, -0.05) is 19.4 Å². The van der Waals surface area contributed by atoms with Crippen molar-refractivity contribution < 1.29 is 9.53 Å². The molecule has 0 bridgehead atoms. The summed E-state index contributed by atoms with van der Waals surface area (Å²) in [6.45, 7) is 4.44. The molecule has 74 valence electrons. The second-order valence-corrected chi connectivity index (χ2v) is 3.89. The van der Waals surface area contributed by atoms with Crippen LogP contribution in [0.15, 0.2) is 11.6 Å². The zero-order chi connectivity index (χ0) is 9.90. The molecule has 1 fully saturated rings. The van der Waals surface area contributed by atoms with E-state index in [0.29, 0.717) is 5.41 Å². The van der Waals surface area contributed by atoms with Gasteiger partial charge < -0.3 is 4.74 Å². The topological polar surface area (TPSA) is 26.3 Å². The molecular formula is C11H18O2. The lowest BCUT2D eigenvalue weighted by molar-refractivity contribution is -0.135. The van der Waals surface area contributed by atoms with E-state index in [1.165, 1.54) is 25.5 Å². The molecule has 0 N–H and O–H groups in total. The highest BCUT2D eigenvalue weighted by atomic mass is 16.5. The minimum atomic E-state index is -0.212. The molecule has 0 spiro atoms. The number of carbonyl (C=O) groups is 1. The first-order valence-electron chi connectivity index (χ1n) is 4.93. The molecular weight excluding hydrogens is 164 g/mol. The van der Waals surface area contributed by atoms with Gasteiger partial charge in [-0.25, -0.2) is 4.79 Å². The summed E-state index contributed by atoms with van der Waals surface area (Å²) in [5, 5.41) is 0. The number of rotatable bonds is 3. The minimum absolute atomic E-state index is 0.212. The van der Waals surface area contributed by atoms with E-state index in [1.54, 1.807) is 6.08 Å². The summed E-state index contributed by atoms with van der Waals surface area (Å²) in [6.07, 6.45) is 6.22. The Bertz CT molecular complexity index is 214. The van der Waals surface area contributed by atoms with Crippen molar-refractivity contribution in [1.29, 1.82) is 0 Å². The summed E-state index contributed by atoms with van der Waals surface area (Å²) in [7, 11) is 1.42. The van der Waals surface area contributed by atoms with E-state index in [4.69, 9.17) is 0 Å². The van der Waals surface area contributed by atoms with E-state index in [-0.39, 0.29) is 5.97 Å². The molecule has 0 unspecified atom stereocenters. The standard InChI is InChI=1S/C11H18O2/c1-4-11(5-2)7-9(8-11)6-10(12)13-3/h6H,4-5,7-8H2,1-3H3. The van der Waals surface area contributed by atoms with E-state index >= 15 is 0 Å². The van der Waals surface area contributed by atoms with Gasteiger partial charge in [0.2, 0.25) is 0 Å². The van der Waals surface area contributed by atoms with Gasteiger partial charge in [0.25, 0.3) is 0 Å². The van der Waals surface area contributed by atoms with Crippen LogP contribution in [-0.4, -0.2) is 13.1 Å². The predicted octanol–water partition coefficient (Wildman–Crippen LogP) is 2.69. The molecule has 0 atom stereocenters. The van der Waals surface area contributed by atoms with E-state index in [1.807, 2.05) is 0 Å². The molecule has 0 aliphatic heterocycles. The molecule has 0 aromatic rings. The third-order valence-electron chi connectivity index (χ3n) is 3.23. The molecule has 2 nitrogen and oxygen atoms in total. The van der Waals surface area contributed by atoms with Gasteiger partial charge in [-0.2, -0.15) is 0 Å². The Labute approximate surface area is 80.0 Å². The van der Waals surface area contributed by atoms with Crippen LogP contribution in [0.4, 0.5) is 0 Å². The van der Waals surface area contributed by atoms with Gasteiger partial charge in [0.15, 0.2) is 0 Å². The number of carbonyl (C=O) groups excluding carboxylic acids is 1. The van der Waals surface area contributed by atoms with Crippen LogP contribution in [0.25, 0.3) is 0 Å². The van der Waals surface area contributed by atoms with Gasteiger partial charge >= 0.3 is 5.97 Å². The number of ether oxygens (including phenoxy) is 1. The summed E-state index contributed by atoms with van der Waals surface area (Å²) in [6, 6.07) is 0. The largest absolute Gasteiger partial charge is 0.466 e. The second-order valence-electron chi connectivity index (χ2n) is 3.89. The average Bonchev–Trinajstić information content (AvgIpc) is 2.10. The molecule has 0 amide bonds. The van der Waals surface area contributed by atoms with Gasteiger partial charge in [0, 0.05) is 6.08 Å². The minimum Gasteiger partial charge on any atom is -0.466 e. The Balaban J connectivity index is 2.48. The first-order chi connectivity index (χ1) is 6.15. The van der Waals surface area contributed by atoms with Crippen LogP contribution in [0.3, 0.4) is 0 Å². The molecule has 1 aliphatic carbocycles. The van der Waals surface area contributed by atoms with Crippen LogP contribution in [0.2, 0.25) is 0 Å². The first kappa shape index (κ1) is 10.3. The summed E-state index contributed by atoms with van der Waals surface area (Å²) < 4.78 is 4.58. The predicted molar refractivity (Wildman–Crippen MR) is 52.3 cm³/mol. The van der Waals surface area contributed by atoms with E-state index in [2.05, 4.69) is 18.6 Å². The monoisotopic (exact) mass is 182 g/mol. The molecule has 0 aromatic heterocycles. The quantitative estimate of drug-likeness (QED) is 0.495. The number of esters is 1. The molecule has 0 radical (unpaired) electrons. The number of methoxy groups -OCH3 is 1. The van der Waals surface area contributed by atoms with Gasteiger partial charge in [-0.15, -0.1) is 0 Å². The molecule has 0 heterocycles. The van der Waals surface area contributed by atoms with Crippen molar-refractivity contribution in [2.45, 2.75) is 39.5 Å². The Kier molecular flexibility index (Phi) is 3.12. The Morgan fingerprint density at radius 3 is 2.38 bits per heavy atom. The van der Waals surface area contributed by atoms with Crippen LogP contribution < -0.4 is 0 Å². The zero-order valence-electron chi connectivity index (χ0n) is 8.72. The van der Waals surface area contributed by atoms with Gasteiger partial charge in [0.05, 0.1) is 7.11 Å². The van der Waals surface area contributed by atoms with E-state index < -0.39 is 0 Å². The van der Waals surface area contributed by atoms with Crippen LogP contribution in [-0.2, 0) is 9.53 Å². The second kappa shape index (κ2) is 3.95. The van der Waals surface area contributed by atoms with Crippen LogP contribution >= 0.6 is 0 Å². The zero-order valence-corrected chi connectivity index (χ0v) is 8.72. The number of hydrogen-bond acceptors (Lipinski definition) is 2. The SMILES string of the molecule is CCC1(CC)CC(=CC(=O)OC)C1. The van der Waals surface area contributed by atoms with Crippen LogP contribution in [0.1, 0.15) is 39.5 Å². The fourth-order valence-electron chi connectivity index (χ4n) is 1.99. The fraction of sp³-hybridized carbons (Fsp3) is 0.727. The highest BCUT2D eigenvalue weighted by molar-refractivity contribution is 5.83. The normalized spacial score (nSPS) is 19.2. The van der Waals surface area contributed by atoms with Crippen molar-refractivity contribution in [1.82, 2.24) is 0 Å². The van der Waals surface area contributed by atoms with Gasteiger partial charge in [0.1, 0.15) is 0 Å². The molecule has 1 saturated carbocycles. The Morgan fingerprint density at radius 1 is 1.46 bits per heavy atom. The maximum atomic E-state index is 10.9. The Morgan fingerprint density at radius 2 is 2.00 bits per heavy atom. The summed E-state index contributed by atoms with van der Waals surface area (Å²) in [4.78, 5) is 10.9. The van der Waals surface area contributed by atoms with E-state index in [9.17, 15) is 4.79 Å². The fourth-order valence-corrected chi connectivity index (χ4v) is 1.99. The van der Waals surface area contributed by atoms with Crippen molar-refractivity contribution in [2.24, 2.45) is 5.41 Å². The number of allylic oxidation sites excluding steroid dienone is 1. The summed E-state index contributed by atoms with van der Waals surface area (Å²) in [5.74, 6) is -0.212.